The third kappa shape index (κ3) is 4.07. The number of anilines is 1. The number of hydrogen-bond acceptors (Lipinski definition) is 3. The summed E-state index contributed by atoms with van der Waals surface area (Å²) in [5.74, 6) is 0.783. The zero-order valence-corrected chi connectivity index (χ0v) is 21.7. The van der Waals surface area contributed by atoms with Crippen LogP contribution in [0.3, 0.4) is 0 Å². The van der Waals surface area contributed by atoms with Gasteiger partial charge in [-0.05, 0) is 86.6 Å². The van der Waals surface area contributed by atoms with Gasteiger partial charge in [0, 0.05) is 40.0 Å². The van der Waals surface area contributed by atoms with E-state index in [9.17, 15) is 0 Å². The van der Waals surface area contributed by atoms with Crippen LogP contribution in [-0.4, -0.2) is 21.8 Å². The maximum absolute atomic E-state index is 6.49. The third-order valence-electron chi connectivity index (χ3n) is 6.70. The molecule has 2 aromatic heterocycles. The molecule has 178 valence electrons. The Morgan fingerprint density at radius 3 is 2.54 bits per heavy atom. The first-order chi connectivity index (χ1) is 16.9. The van der Waals surface area contributed by atoms with Crippen molar-refractivity contribution < 1.29 is 4.74 Å². The van der Waals surface area contributed by atoms with Crippen LogP contribution in [0.1, 0.15) is 40.3 Å². The zero-order valence-electron chi connectivity index (χ0n) is 20.1. The molecular formula is C28H27ClN4OS. The maximum Gasteiger partial charge on any atom is 0.174 e. The number of hydrogen-bond donors (Lipinski definition) is 1. The second-order valence-electron chi connectivity index (χ2n) is 8.74. The molecule has 5 rings (SSSR count). The Kier molecular flexibility index (Phi) is 6.26. The highest BCUT2D eigenvalue weighted by Gasteiger charge is 2.42. The van der Waals surface area contributed by atoms with Gasteiger partial charge in [0.1, 0.15) is 5.75 Å². The largest absolute Gasteiger partial charge is 0.497 e. The molecule has 0 spiro atoms. The molecule has 1 fully saturated rings. The van der Waals surface area contributed by atoms with Crippen molar-refractivity contribution in [2.75, 3.05) is 12.0 Å². The predicted molar refractivity (Wildman–Crippen MR) is 146 cm³/mol. The van der Waals surface area contributed by atoms with Gasteiger partial charge in [0.15, 0.2) is 5.11 Å². The van der Waals surface area contributed by atoms with Crippen LogP contribution in [0, 0.1) is 20.8 Å². The molecular weight excluding hydrogens is 476 g/mol. The fraction of sp³-hybridized carbons (Fsp3) is 0.214. The minimum Gasteiger partial charge on any atom is -0.497 e. The molecule has 5 nitrogen and oxygen atoms in total. The van der Waals surface area contributed by atoms with Crippen molar-refractivity contribution in [3.63, 3.8) is 0 Å². The lowest BCUT2D eigenvalue weighted by Crippen LogP contribution is -2.29. The van der Waals surface area contributed by atoms with E-state index >= 15 is 0 Å². The number of nitrogens with one attached hydrogen (secondary N) is 1. The summed E-state index contributed by atoms with van der Waals surface area (Å²) in [5.41, 5.74) is 7.48. The van der Waals surface area contributed by atoms with Crippen LogP contribution in [0.4, 0.5) is 5.69 Å². The van der Waals surface area contributed by atoms with E-state index < -0.39 is 0 Å². The summed E-state index contributed by atoms with van der Waals surface area (Å²) in [5, 5.41) is 4.95. The molecule has 0 amide bonds. The highest BCUT2D eigenvalue weighted by molar-refractivity contribution is 7.80. The van der Waals surface area contributed by atoms with E-state index in [1.54, 1.807) is 7.11 Å². The number of aromatic nitrogens is 2. The van der Waals surface area contributed by atoms with Crippen molar-refractivity contribution in [1.82, 2.24) is 14.9 Å². The Bertz CT molecular complexity index is 1400. The number of halogens is 1. The summed E-state index contributed by atoms with van der Waals surface area (Å²) in [4.78, 5) is 6.85. The van der Waals surface area contributed by atoms with Gasteiger partial charge in [0.2, 0.25) is 0 Å². The molecule has 7 heteroatoms. The third-order valence-corrected chi connectivity index (χ3v) is 7.42. The topological polar surface area (TPSA) is 42.3 Å². The molecule has 1 aliphatic rings. The van der Waals surface area contributed by atoms with Crippen LogP contribution < -0.4 is 15.0 Å². The molecule has 0 radical (unpaired) electrons. The fourth-order valence-electron chi connectivity index (χ4n) is 5.01. The Hall–Kier alpha value is -3.35. The van der Waals surface area contributed by atoms with Gasteiger partial charge in [-0.15, -0.1) is 0 Å². The molecule has 2 unspecified atom stereocenters. The van der Waals surface area contributed by atoms with Crippen molar-refractivity contribution in [3.8, 4) is 11.4 Å². The standard InChI is InChI=1S/C28H27ClN4OS/c1-17-15-22(19(3)32(17)25-13-8-11-23(29)18(25)2)27-26(24-12-5-6-14-30-24)31-28(35)33(27)20-9-7-10-21(16-20)34-4/h5-16,26-27H,1-4H3,(H,31,35). The fourth-order valence-corrected chi connectivity index (χ4v) is 5.52. The molecule has 0 bridgehead atoms. The number of ether oxygens (including phenoxy) is 1. The van der Waals surface area contributed by atoms with Crippen molar-refractivity contribution in [1.29, 1.82) is 0 Å². The van der Waals surface area contributed by atoms with E-state index in [4.69, 9.17) is 28.6 Å². The van der Waals surface area contributed by atoms with E-state index in [0.29, 0.717) is 5.11 Å². The molecule has 35 heavy (non-hydrogen) atoms. The Morgan fingerprint density at radius 1 is 1.00 bits per heavy atom. The minimum atomic E-state index is -0.121. The van der Waals surface area contributed by atoms with Crippen molar-refractivity contribution in [2.24, 2.45) is 0 Å². The van der Waals surface area contributed by atoms with Gasteiger partial charge in [-0.1, -0.05) is 29.8 Å². The molecule has 0 aliphatic carbocycles. The normalized spacial score (nSPS) is 17.5. The lowest BCUT2D eigenvalue weighted by atomic mass is 9.96. The second-order valence-corrected chi connectivity index (χ2v) is 9.54. The maximum atomic E-state index is 6.49. The summed E-state index contributed by atoms with van der Waals surface area (Å²) in [6.45, 7) is 6.34. The molecule has 3 heterocycles. The van der Waals surface area contributed by atoms with Gasteiger partial charge in [0.05, 0.1) is 24.9 Å². The second kappa shape index (κ2) is 9.36. The lowest BCUT2D eigenvalue weighted by molar-refractivity contribution is 0.415. The van der Waals surface area contributed by atoms with Gasteiger partial charge < -0.3 is 19.5 Å². The van der Waals surface area contributed by atoms with Gasteiger partial charge in [-0.2, -0.15) is 0 Å². The molecule has 1 saturated heterocycles. The van der Waals surface area contributed by atoms with Crippen LogP contribution in [0.15, 0.2) is 72.9 Å². The van der Waals surface area contributed by atoms with E-state index in [1.807, 2.05) is 54.7 Å². The number of nitrogens with zero attached hydrogens (tertiary/aromatic N) is 3. The monoisotopic (exact) mass is 502 g/mol. The number of rotatable bonds is 5. The van der Waals surface area contributed by atoms with Gasteiger partial charge in [0.25, 0.3) is 0 Å². The molecule has 2 aromatic carbocycles. The van der Waals surface area contributed by atoms with E-state index in [1.165, 1.54) is 5.56 Å². The van der Waals surface area contributed by atoms with Crippen LogP contribution in [0.5, 0.6) is 5.75 Å². The van der Waals surface area contributed by atoms with Crippen LogP contribution in [0.2, 0.25) is 5.02 Å². The number of pyridine rings is 1. The van der Waals surface area contributed by atoms with E-state index in [2.05, 4.69) is 58.7 Å². The number of aryl methyl sites for hydroxylation is 1. The van der Waals surface area contributed by atoms with E-state index in [-0.39, 0.29) is 12.1 Å². The van der Waals surface area contributed by atoms with Crippen LogP contribution >= 0.6 is 23.8 Å². The van der Waals surface area contributed by atoms with Crippen molar-refractivity contribution in [2.45, 2.75) is 32.9 Å². The average Bonchev–Trinajstić information content (AvgIpc) is 3.36. The van der Waals surface area contributed by atoms with Crippen LogP contribution in [-0.2, 0) is 0 Å². The van der Waals surface area contributed by atoms with Crippen molar-refractivity contribution in [3.05, 3.63) is 106 Å². The van der Waals surface area contributed by atoms with Gasteiger partial charge >= 0.3 is 0 Å². The van der Waals surface area contributed by atoms with Gasteiger partial charge in [-0.3, -0.25) is 4.98 Å². The number of benzene rings is 2. The molecule has 0 saturated carbocycles. The minimum absolute atomic E-state index is 0.107. The molecule has 1 N–H and O–H groups in total. The summed E-state index contributed by atoms with van der Waals surface area (Å²) < 4.78 is 7.79. The predicted octanol–water partition coefficient (Wildman–Crippen LogP) is 6.64. The first-order valence-electron chi connectivity index (χ1n) is 11.5. The number of thiocarbonyl (C=S) groups is 1. The first-order valence-corrected chi connectivity index (χ1v) is 12.3. The van der Waals surface area contributed by atoms with Crippen molar-refractivity contribution >= 4 is 34.6 Å². The summed E-state index contributed by atoms with van der Waals surface area (Å²) in [6.07, 6.45) is 1.82. The average molecular weight is 503 g/mol. The number of methoxy groups -OCH3 is 1. The Morgan fingerprint density at radius 2 is 1.80 bits per heavy atom. The first kappa shape index (κ1) is 23.4. The van der Waals surface area contributed by atoms with Crippen LogP contribution in [0.25, 0.3) is 5.69 Å². The SMILES string of the molecule is COc1cccc(N2C(=S)NC(c3ccccn3)C2c2cc(C)n(-c3cccc(Cl)c3C)c2C)c1. The summed E-state index contributed by atoms with van der Waals surface area (Å²) >= 11 is 12.4. The molecule has 4 aromatic rings. The quantitative estimate of drug-likeness (QED) is 0.310. The highest BCUT2D eigenvalue weighted by Crippen LogP contribution is 2.44. The molecule has 2 atom stereocenters. The Labute approximate surface area is 216 Å². The highest BCUT2D eigenvalue weighted by atomic mass is 35.5. The smallest absolute Gasteiger partial charge is 0.174 e. The lowest BCUT2D eigenvalue weighted by Gasteiger charge is -2.28. The Balaban J connectivity index is 1.70. The zero-order chi connectivity index (χ0) is 24.7. The summed E-state index contributed by atoms with van der Waals surface area (Å²) in [7, 11) is 1.68. The van der Waals surface area contributed by atoms with Gasteiger partial charge in [-0.25, -0.2) is 0 Å². The molecule has 1 aliphatic heterocycles. The summed E-state index contributed by atoms with van der Waals surface area (Å²) in [6, 6.07) is 22.0. The van der Waals surface area contributed by atoms with E-state index in [0.717, 1.165) is 44.8 Å².